The molecule has 5 atom stereocenters. The van der Waals surface area contributed by atoms with Crippen LogP contribution in [-0.4, -0.2) is 30.6 Å². The van der Waals surface area contributed by atoms with Crippen LogP contribution in [0.4, 0.5) is 5.69 Å². The Bertz CT molecular complexity index is 756. The Hall–Kier alpha value is -2.37. The lowest BCUT2D eigenvalue weighted by Gasteiger charge is -2.22. The van der Waals surface area contributed by atoms with E-state index in [-0.39, 0.29) is 42.3 Å². The van der Waals surface area contributed by atoms with Crippen LogP contribution in [0.15, 0.2) is 18.2 Å². The van der Waals surface area contributed by atoms with E-state index in [1.807, 2.05) is 32.0 Å². The maximum atomic E-state index is 12.4. The lowest BCUT2D eigenvalue weighted by molar-refractivity contribution is -0.157. The van der Waals surface area contributed by atoms with Crippen LogP contribution in [-0.2, 0) is 23.9 Å². The standard InChI is InChI=1S/C19H21NO5/c1-9-4-3-5-13(10(9)2)20-15(21)8-24-18(22)16-11-6-12-14(7-11)25-19(23)17(12)16/h3-5,11-12,14,16-17H,6-8H2,1-2H3,(H,20,21)/t11-,12-,14+,16+,17-/m0/s1. The largest absolute Gasteiger partial charge is 0.462 e. The van der Waals surface area contributed by atoms with E-state index in [1.54, 1.807) is 0 Å². The first-order valence-corrected chi connectivity index (χ1v) is 8.69. The molecule has 1 aliphatic heterocycles. The second-order valence-corrected chi connectivity index (χ2v) is 7.33. The van der Waals surface area contributed by atoms with Crippen LogP contribution >= 0.6 is 0 Å². The van der Waals surface area contributed by atoms with Crippen molar-refractivity contribution in [2.24, 2.45) is 23.7 Å². The second-order valence-electron chi connectivity index (χ2n) is 7.33. The fraction of sp³-hybridized carbons (Fsp3) is 0.526. The van der Waals surface area contributed by atoms with E-state index < -0.39 is 11.9 Å². The summed E-state index contributed by atoms with van der Waals surface area (Å²) in [6.45, 7) is 3.55. The summed E-state index contributed by atoms with van der Waals surface area (Å²) in [5, 5.41) is 2.77. The van der Waals surface area contributed by atoms with Crippen LogP contribution in [0.2, 0.25) is 0 Å². The topological polar surface area (TPSA) is 81.7 Å². The van der Waals surface area contributed by atoms with E-state index in [0.717, 1.165) is 24.0 Å². The van der Waals surface area contributed by atoms with Gasteiger partial charge in [0.15, 0.2) is 6.61 Å². The van der Waals surface area contributed by atoms with Gasteiger partial charge in [0.25, 0.3) is 5.91 Å². The Morgan fingerprint density at radius 2 is 2.08 bits per heavy atom. The van der Waals surface area contributed by atoms with Gasteiger partial charge < -0.3 is 14.8 Å². The molecule has 4 rings (SSSR count). The van der Waals surface area contributed by atoms with Gasteiger partial charge in [0, 0.05) is 11.6 Å². The zero-order chi connectivity index (χ0) is 17.7. The van der Waals surface area contributed by atoms with E-state index in [1.165, 1.54) is 0 Å². The molecule has 3 aliphatic rings. The van der Waals surface area contributed by atoms with Gasteiger partial charge in [-0.15, -0.1) is 0 Å². The Labute approximate surface area is 145 Å². The molecule has 1 amide bonds. The number of fused-ring (bicyclic) bond motifs is 1. The van der Waals surface area contributed by atoms with Gasteiger partial charge in [-0.2, -0.15) is 0 Å². The van der Waals surface area contributed by atoms with Gasteiger partial charge in [0.2, 0.25) is 0 Å². The van der Waals surface area contributed by atoms with Crippen LogP contribution in [0, 0.1) is 37.5 Å². The van der Waals surface area contributed by atoms with Crippen molar-refractivity contribution in [1.82, 2.24) is 0 Å². The molecule has 1 saturated heterocycles. The van der Waals surface area contributed by atoms with Gasteiger partial charge in [0.1, 0.15) is 6.10 Å². The Morgan fingerprint density at radius 1 is 1.28 bits per heavy atom. The highest BCUT2D eigenvalue weighted by Gasteiger charge is 2.64. The predicted octanol–water partition coefficient (Wildman–Crippen LogP) is 1.98. The molecule has 6 nitrogen and oxygen atoms in total. The number of aryl methyl sites for hydroxylation is 1. The predicted molar refractivity (Wildman–Crippen MR) is 88.6 cm³/mol. The number of ether oxygens (including phenoxy) is 2. The summed E-state index contributed by atoms with van der Waals surface area (Å²) in [5.41, 5.74) is 2.77. The lowest BCUT2D eigenvalue weighted by atomic mass is 9.80. The van der Waals surface area contributed by atoms with Crippen LogP contribution in [0.1, 0.15) is 24.0 Å². The number of anilines is 1. The molecule has 0 radical (unpaired) electrons. The molecule has 6 heteroatoms. The van der Waals surface area contributed by atoms with Crippen molar-refractivity contribution in [3.63, 3.8) is 0 Å². The fourth-order valence-electron chi connectivity index (χ4n) is 4.63. The van der Waals surface area contributed by atoms with Gasteiger partial charge in [0.05, 0.1) is 11.8 Å². The maximum Gasteiger partial charge on any atom is 0.310 e. The number of nitrogens with one attached hydrogen (secondary N) is 1. The monoisotopic (exact) mass is 343 g/mol. The Kier molecular flexibility index (Phi) is 3.78. The van der Waals surface area contributed by atoms with Crippen molar-refractivity contribution < 1.29 is 23.9 Å². The SMILES string of the molecule is Cc1cccc(NC(=O)COC(=O)[C@@H]2[C@H]3C[C@@H]4[C@@H]2C(=O)O[C@@H]4C3)c1C. The Balaban J connectivity index is 1.35. The summed E-state index contributed by atoms with van der Waals surface area (Å²) in [5.74, 6) is -1.65. The molecule has 1 aromatic carbocycles. The van der Waals surface area contributed by atoms with Crippen molar-refractivity contribution >= 4 is 23.5 Å². The summed E-state index contributed by atoms with van der Waals surface area (Å²) < 4.78 is 10.5. The van der Waals surface area contributed by atoms with Gasteiger partial charge >= 0.3 is 11.9 Å². The first-order chi connectivity index (χ1) is 12.0. The maximum absolute atomic E-state index is 12.4. The Morgan fingerprint density at radius 3 is 2.88 bits per heavy atom. The smallest absolute Gasteiger partial charge is 0.310 e. The summed E-state index contributed by atoms with van der Waals surface area (Å²) >= 11 is 0. The first kappa shape index (κ1) is 16.1. The number of carbonyl (C=O) groups excluding carboxylic acids is 3. The highest BCUT2D eigenvalue weighted by molar-refractivity contribution is 5.94. The number of rotatable bonds is 4. The fourth-order valence-corrected chi connectivity index (χ4v) is 4.63. The van der Waals surface area contributed by atoms with E-state index in [2.05, 4.69) is 5.32 Å². The normalized spacial score (nSPS) is 31.8. The average Bonchev–Trinajstić information content (AvgIpc) is 3.19. The second kappa shape index (κ2) is 5.86. The van der Waals surface area contributed by atoms with Gasteiger partial charge in [-0.25, -0.2) is 0 Å². The number of hydrogen-bond acceptors (Lipinski definition) is 5. The molecule has 3 fully saturated rings. The molecule has 2 saturated carbocycles. The first-order valence-electron chi connectivity index (χ1n) is 8.69. The van der Waals surface area contributed by atoms with Crippen molar-refractivity contribution in [1.29, 1.82) is 0 Å². The van der Waals surface area contributed by atoms with E-state index in [9.17, 15) is 14.4 Å². The summed E-state index contributed by atoms with van der Waals surface area (Å²) in [6.07, 6.45) is 1.57. The molecular formula is C19H21NO5. The molecule has 1 N–H and O–H groups in total. The lowest BCUT2D eigenvalue weighted by Crippen LogP contribution is -2.35. The molecule has 25 heavy (non-hydrogen) atoms. The number of amides is 1. The van der Waals surface area contributed by atoms with Gasteiger partial charge in [-0.05, 0) is 49.8 Å². The van der Waals surface area contributed by atoms with Gasteiger partial charge in [-0.3, -0.25) is 14.4 Å². The number of benzene rings is 1. The third-order valence-electron chi connectivity index (χ3n) is 5.98. The van der Waals surface area contributed by atoms with Crippen molar-refractivity contribution in [3.8, 4) is 0 Å². The zero-order valence-electron chi connectivity index (χ0n) is 14.3. The highest BCUT2D eigenvalue weighted by Crippen LogP contribution is 2.57. The van der Waals surface area contributed by atoms with Crippen LogP contribution in [0.3, 0.4) is 0 Å². The molecule has 0 spiro atoms. The van der Waals surface area contributed by atoms with Crippen LogP contribution < -0.4 is 5.32 Å². The minimum absolute atomic E-state index is 0.0147. The summed E-state index contributed by atoms with van der Waals surface area (Å²) in [7, 11) is 0. The molecular weight excluding hydrogens is 322 g/mol. The van der Waals surface area contributed by atoms with E-state index >= 15 is 0 Å². The van der Waals surface area contributed by atoms with E-state index in [0.29, 0.717) is 5.69 Å². The number of esters is 2. The van der Waals surface area contributed by atoms with Gasteiger partial charge in [-0.1, -0.05) is 12.1 Å². The van der Waals surface area contributed by atoms with E-state index in [4.69, 9.17) is 9.47 Å². The molecule has 0 unspecified atom stereocenters. The summed E-state index contributed by atoms with van der Waals surface area (Å²) in [6, 6.07) is 5.64. The molecule has 2 aliphatic carbocycles. The summed E-state index contributed by atoms with van der Waals surface area (Å²) in [4.78, 5) is 36.5. The molecule has 1 heterocycles. The van der Waals surface area contributed by atoms with Crippen LogP contribution in [0.5, 0.6) is 0 Å². The zero-order valence-corrected chi connectivity index (χ0v) is 14.3. The van der Waals surface area contributed by atoms with Crippen molar-refractivity contribution in [2.45, 2.75) is 32.8 Å². The third kappa shape index (κ3) is 2.60. The molecule has 132 valence electrons. The molecule has 2 bridgehead atoms. The van der Waals surface area contributed by atoms with Crippen LogP contribution in [0.25, 0.3) is 0 Å². The van der Waals surface area contributed by atoms with Crippen molar-refractivity contribution in [3.05, 3.63) is 29.3 Å². The quantitative estimate of drug-likeness (QED) is 0.846. The number of hydrogen-bond donors (Lipinski definition) is 1. The minimum atomic E-state index is -0.454. The highest BCUT2D eigenvalue weighted by atomic mass is 16.6. The number of carbonyl (C=O) groups is 3. The molecule has 0 aromatic heterocycles. The molecule has 1 aromatic rings. The average molecular weight is 343 g/mol. The minimum Gasteiger partial charge on any atom is -0.462 e. The third-order valence-corrected chi connectivity index (χ3v) is 5.98. The van der Waals surface area contributed by atoms with Crippen molar-refractivity contribution in [2.75, 3.05) is 11.9 Å².